The Morgan fingerprint density at radius 1 is 1.40 bits per heavy atom. The Hall–Kier alpha value is 0.690. The van der Waals surface area contributed by atoms with E-state index in [0.717, 1.165) is 0 Å². The molecule has 2 heteroatoms. The fourth-order valence-electron chi connectivity index (χ4n) is 0. The summed E-state index contributed by atoms with van der Waals surface area (Å²) in [4.78, 5) is 4.54. The zero-order chi connectivity index (χ0) is 4.28. The predicted octanol–water partition coefficient (Wildman–Crippen LogP) is 0.887. The molecule has 0 aliphatic rings. The number of halogens is 1. The molecule has 0 saturated carbocycles. The molecule has 1 N–H and O–H groups in total. The fraction of sp³-hybridized carbons (Fsp3) is 1.00. The molecule has 0 fully saturated rings. The van der Waals surface area contributed by atoms with Gasteiger partial charge in [-0.25, -0.2) is 0 Å². The van der Waals surface area contributed by atoms with Gasteiger partial charge in [0.1, 0.15) is 0 Å². The van der Waals surface area contributed by atoms with E-state index in [1.165, 1.54) is 0 Å². The minimum absolute atomic E-state index is 0.532. The maximum atomic E-state index is 3.18. The van der Waals surface area contributed by atoms with Crippen molar-refractivity contribution < 1.29 is 0 Å². The van der Waals surface area contributed by atoms with Gasteiger partial charge in [-0.1, -0.05) is 0 Å². The van der Waals surface area contributed by atoms with Crippen molar-refractivity contribution >= 4 is 20.1 Å². The summed E-state index contributed by atoms with van der Waals surface area (Å²) >= 11 is -0.532. The molecule has 0 aromatic heterocycles. The Morgan fingerprint density at radius 2 is 1.60 bits per heavy atom. The molecule has 0 atom stereocenters. The van der Waals surface area contributed by atoms with Gasteiger partial charge in [-0.15, -0.1) is 0 Å². The van der Waals surface area contributed by atoms with Gasteiger partial charge in [0.15, 0.2) is 0 Å². The van der Waals surface area contributed by atoms with E-state index in [2.05, 4.69) is 13.4 Å². The van der Waals surface area contributed by atoms with E-state index < -0.39 is 20.1 Å². The second kappa shape index (κ2) is 2.90. The van der Waals surface area contributed by atoms with E-state index >= 15 is 0 Å². The third-order valence-electron chi connectivity index (χ3n) is 0.378. The van der Waals surface area contributed by atoms with Crippen LogP contribution < -0.4 is 3.53 Å². The first-order valence-electron chi connectivity index (χ1n) is 1.44. The molecule has 34 valence electrons. The van der Waals surface area contributed by atoms with E-state index in [1.807, 2.05) is 7.05 Å². The second-order valence-corrected chi connectivity index (χ2v) is 6.34. The van der Waals surface area contributed by atoms with Crippen molar-refractivity contribution in [3.05, 3.63) is 0 Å². The molecule has 0 aromatic carbocycles. The molecule has 1 nitrogen and oxygen atoms in total. The normalized spacial score (nSPS) is 11.4. The first-order valence-corrected chi connectivity index (χ1v) is 6.84. The van der Waals surface area contributed by atoms with Gasteiger partial charge in [0.05, 0.1) is 0 Å². The van der Waals surface area contributed by atoms with Gasteiger partial charge in [0, 0.05) is 0 Å². The molecule has 0 spiro atoms. The zero-order valence-corrected chi connectivity index (χ0v) is 6.04. The molecule has 5 heavy (non-hydrogen) atoms. The van der Waals surface area contributed by atoms with Gasteiger partial charge in [0.25, 0.3) is 0 Å². The molecule has 0 bridgehead atoms. The average molecular weight is 187 g/mol. The molecule has 0 saturated heterocycles. The number of rotatable bonds is 1. The van der Waals surface area contributed by atoms with Gasteiger partial charge in [-0.05, 0) is 0 Å². The van der Waals surface area contributed by atoms with E-state index in [9.17, 15) is 0 Å². The third-order valence-corrected chi connectivity index (χ3v) is 2.54. The Kier molecular flexibility index (Phi) is 3.30. The molecule has 0 aliphatic carbocycles. The third kappa shape index (κ3) is 4.69. The van der Waals surface area contributed by atoms with Crippen molar-refractivity contribution in [3.63, 3.8) is 0 Å². The summed E-state index contributed by atoms with van der Waals surface area (Å²) in [5.41, 5.74) is 0. The Bertz CT molecular complexity index is 20.9. The molecular weight excluding hydrogens is 177 g/mol. The number of nitrogens with one attached hydrogen (secondary N) is 1. The van der Waals surface area contributed by atoms with Crippen LogP contribution in [0.3, 0.4) is 0 Å². The number of hydrogen-bond donors (Lipinski definition) is 1. The molecule has 0 rings (SSSR count). The quantitative estimate of drug-likeness (QED) is 0.365. The Labute approximate surface area is 40.9 Å². The molecule has 0 aliphatic heterocycles. The standard InChI is InChI=1S/C3H10IN/c1-4(2)5-3/h5H,1-3H3. The van der Waals surface area contributed by atoms with E-state index in [-0.39, 0.29) is 0 Å². The summed E-state index contributed by atoms with van der Waals surface area (Å²) in [7, 11) is 2.02. The van der Waals surface area contributed by atoms with Crippen LogP contribution in [0.15, 0.2) is 0 Å². The molecule has 0 unspecified atom stereocenters. The summed E-state index contributed by atoms with van der Waals surface area (Å²) in [5, 5.41) is 0. The monoisotopic (exact) mass is 187 g/mol. The minimum atomic E-state index is -0.532. The summed E-state index contributed by atoms with van der Waals surface area (Å²) in [6.07, 6.45) is 0. The summed E-state index contributed by atoms with van der Waals surface area (Å²) in [5.74, 6) is 0. The van der Waals surface area contributed by atoms with Gasteiger partial charge < -0.3 is 0 Å². The topological polar surface area (TPSA) is 12.0 Å². The fourth-order valence-corrected chi connectivity index (χ4v) is 0. The van der Waals surface area contributed by atoms with Crippen LogP contribution in [0.25, 0.3) is 0 Å². The van der Waals surface area contributed by atoms with Crippen molar-refractivity contribution in [2.45, 2.75) is 0 Å². The van der Waals surface area contributed by atoms with Crippen molar-refractivity contribution in [2.75, 3.05) is 16.9 Å². The molecule has 0 heterocycles. The van der Waals surface area contributed by atoms with Crippen LogP contribution in [0.4, 0.5) is 0 Å². The van der Waals surface area contributed by atoms with Crippen LogP contribution in [0.5, 0.6) is 0 Å². The van der Waals surface area contributed by atoms with Gasteiger partial charge in [-0.3, -0.25) is 0 Å². The van der Waals surface area contributed by atoms with Crippen LogP contribution in [0.2, 0.25) is 0 Å². The van der Waals surface area contributed by atoms with Crippen molar-refractivity contribution in [3.8, 4) is 0 Å². The number of alkyl halides is 2. The molecule has 0 aromatic rings. The SMILES string of the molecule is CNI(C)C. The van der Waals surface area contributed by atoms with Crippen LogP contribution in [0, 0.1) is 0 Å². The average Bonchev–Trinajstić information content (AvgIpc) is 1.38. The first kappa shape index (κ1) is 5.69. The van der Waals surface area contributed by atoms with Crippen LogP contribution in [0.1, 0.15) is 0 Å². The molecular formula is C3H10IN. The maximum absolute atomic E-state index is 3.18. The van der Waals surface area contributed by atoms with Gasteiger partial charge in [-0.2, -0.15) is 0 Å². The number of hydrogen-bond acceptors (Lipinski definition) is 1. The Morgan fingerprint density at radius 3 is 1.60 bits per heavy atom. The summed E-state index contributed by atoms with van der Waals surface area (Å²) in [6, 6.07) is 0. The zero-order valence-electron chi connectivity index (χ0n) is 3.88. The van der Waals surface area contributed by atoms with Crippen LogP contribution in [-0.2, 0) is 0 Å². The van der Waals surface area contributed by atoms with E-state index in [4.69, 9.17) is 0 Å². The van der Waals surface area contributed by atoms with Crippen LogP contribution >= 0.6 is 20.1 Å². The van der Waals surface area contributed by atoms with Gasteiger partial charge in [0.2, 0.25) is 0 Å². The molecule has 0 amide bonds. The van der Waals surface area contributed by atoms with Crippen LogP contribution in [-0.4, -0.2) is 16.9 Å². The van der Waals surface area contributed by atoms with Gasteiger partial charge >= 0.3 is 40.5 Å². The van der Waals surface area contributed by atoms with Crippen molar-refractivity contribution in [1.82, 2.24) is 3.53 Å². The first-order chi connectivity index (χ1) is 2.27. The van der Waals surface area contributed by atoms with Crippen molar-refractivity contribution in [2.24, 2.45) is 0 Å². The summed E-state index contributed by atoms with van der Waals surface area (Å²) < 4.78 is 3.18. The Balaban J connectivity index is 2.54. The predicted molar refractivity (Wildman–Crippen MR) is 34.9 cm³/mol. The van der Waals surface area contributed by atoms with Crippen molar-refractivity contribution in [1.29, 1.82) is 0 Å². The second-order valence-electron chi connectivity index (χ2n) is 0.945. The van der Waals surface area contributed by atoms with E-state index in [0.29, 0.717) is 0 Å². The molecule has 0 radical (unpaired) electrons. The van der Waals surface area contributed by atoms with E-state index in [1.54, 1.807) is 0 Å². The summed E-state index contributed by atoms with van der Waals surface area (Å²) in [6.45, 7) is 0.